The van der Waals surface area contributed by atoms with Gasteiger partial charge in [-0.2, -0.15) is 0 Å². The Morgan fingerprint density at radius 3 is 2.61 bits per heavy atom. The average Bonchev–Trinajstić information content (AvgIpc) is 2.41. The molecular formula is C13H20N4O. The Hall–Kier alpha value is -1.62. The number of pyridine rings is 1. The second kappa shape index (κ2) is 5.82. The smallest absolute Gasteiger partial charge is 0.209 e. The summed E-state index contributed by atoms with van der Waals surface area (Å²) >= 11 is 0. The SMILES string of the molecule is CNCc1ccc(N2CCN(C=O)CC2)nc1C. The summed E-state index contributed by atoms with van der Waals surface area (Å²) in [6.07, 6.45) is 0.923. The first-order chi connectivity index (χ1) is 8.74. The van der Waals surface area contributed by atoms with Crippen LogP contribution in [0.3, 0.4) is 0 Å². The number of anilines is 1. The number of nitrogens with zero attached hydrogens (tertiary/aromatic N) is 3. The van der Waals surface area contributed by atoms with Crippen molar-refractivity contribution in [2.75, 3.05) is 38.1 Å². The molecule has 5 nitrogen and oxygen atoms in total. The number of nitrogens with one attached hydrogen (secondary N) is 1. The van der Waals surface area contributed by atoms with E-state index < -0.39 is 0 Å². The van der Waals surface area contributed by atoms with E-state index in [2.05, 4.69) is 27.3 Å². The van der Waals surface area contributed by atoms with Gasteiger partial charge in [0, 0.05) is 38.4 Å². The number of rotatable bonds is 4. The zero-order valence-corrected chi connectivity index (χ0v) is 11.0. The van der Waals surface area contributed by atoms with Crippen LogP contribution in [0.5, 0.6) is 0 Å². The number of piperazine rings is 1. The van der Waals surface area contributed by atoms with Crippen molar-refractivity contribution in [1.29, 1.82) is 0 Å². The van der Waals surface area contributed by atoms with Crippen molar-refractivity contribution in [3.05, 3.63) is 23.4 Å². The van der Waals surface area contributed by atoms with Gasteiger partial charge >= 0.3 is 0 Å². The Morgan fingerprint density at radius 1 is 1.33 bits per heavy atom. The van der Waals surface area contributed by atoms with Gasteiger partial charge in [0.1, 0.15) is 5.82 Å². The first-order valence-electron chi connectivity index (χ1n) is 6.30. The molecule has 98 valence electrons. The minimum absolute atomic E-state index is 0.780. The minimum atomic E-state index is 0.780. The first kappa shape index (κ1) is 12.8. The van der Waals surface area contributed by atoms with Crippen molar-refractivity contribution in [3.8, 4) is 0 Å². The van der Waals surface area contributed by atoms with Gasteiger partial charge in [-0.25, -0.2) is 4.98 Å². The number of carbonyl (C=O) groups is 1. The molecule has 1 aliphatic rings. The van der Waals surface area contributed by atoms with E-state index in [9.17, 15) is 4.79 Å². The van der Waals surface area contributed by atoms with Gasteiger partial charge in [0.2, 0.25) is 6.41 Å². The molecule has 1 aliphatic heterocycles. The second-order valence-electron chi connectivity index (χ2n) is 4.57. The maximum atomic E-state index is 10.7. The Bertz CT molecular complexity index is 413. The van der Waals surface area contributed by atoms with Gasteiger partial charge in [0.25, 0.3) is 0 Å². The highest BCUT2D eigenvalue weighted by Gasteiger charge is 2.16. The van der Waals surface area contributed by atoms with E-state index in [0.29, 0.717) is 0 Å². The lowest BCUT2D eigenvalue weighted by molar-refractivity contribution is -0.118. The molecule has 5 heteroatoms. The summed E-state index contributed by atoms with van der Waals surface area (Å²) in [5.74, 6) is 1.01. The van der Waals surface area contributed by atoms with E-state index in [1.807, 2.05) is 14.0 Å². The van der Waals surface area contributed by atoms with Gasteiger partial charge in [-0.05, 0) is 25.6 Å². The molecule has 0 unspecified atom stereocenters. The van der Waals surface area contributed by atoms with Crippen LogP contribution in [0.15, 0.2) is 12.1 Å². The van der Waals surface area contributed by atoms with Gasteiger partial charge in [-0.1, -0.05) is 6.07 Å². The van der Waals surface area contributed by atoms with E-state index in [1.54, 1.807) is 4.90 Å². The lowest BCUT2D eigenvalue weighted by atomic mass is 10.2. The molecule has 1 aromatic heterocycles. The van der Waals surface area contributed by atoms with Gasteiger partial charge < -0.3 is 15.1 Å². The number of aryl methyl sites for hydroxylation is 1. The second-order valence-corrected chi connectivity index (χ2v) is 4.57. The zero-order valence-electron chi connectivity index (χ0n) is 11.0. The maximum absolute atomic E-state index is 10.7. The van der Waals surface area contributed by atoms with Crippen molar-refractivity contribution in [1.82, 2.24) is 15.2 Å². The lowest BCUT2D eigenvalue weighted by Crippen LogP contribution is -2.46. The zero-order chi connectivity index (χ0) is 13.0. The highest BCUT2D eigenvalue weighted by molar-refractivity contribution is 5.49. The van der Waals surface area contributed by atoms with Crippen LogP contribution in [0.25, 0.3) is 0 Å². The molecule has 1 fully saturated rings. The molecule has 1 N–H and O–H groups in total. The van der Waals surface area contributed by atoms with Crippen LogP contribution in [0.2, 0.25) is 0 Å². The van der Waals surface area contributed by atoms with Gasteiger partial charge in [0.15, 0.2) is 0 Å². The molecule has 0 saturated carbocycles. The van der Waals surface area contributed by atoms with E-state index in [4.69, 9.17) is 0 Å². The number of aromatic nitrogens is 1. The predicted octanol–water partition coefficient (Wildman–Crippen LogP) is 0.388. The highest BCUT2D eigenvalue weighted by Crippen LogP contribution is 2.16. The van der Waals surface area contributed by atoms with Crippen molar-refractivity contribution < 1.29 is 4.79 Å². The molecule has 1 aromatic rings. The van der Waals surface area contributed by atoms with Crippen LogP contribution >= 0.6 is 0 Å². The number of amides is 1. The molecule has 0 aromatic carbocycles. The fraction of sp³-hybridized carbons (Fsp3) is 0.538. The maximum Gasteiger partial charge on any atom is 0.209 e. The summed E-state index contributed by atoms with van der Waals surface area (Å²) in [5.41, 5.74) is 2.30. The molecule has 0 atom stereocenters. The first-order valence-corrected chi connectivity index (χ1v) is 6.30. The molecule has 18 heavy (non-hydrogen) atoms. The predicted molar refractivity (Wildman–Crippen MR) is 71.6 cm³/mol. The lowest BCUT2D eigenvalue weighted by Gasteiger charge is -2.33. The van der Waals surface area contributed by atoms with Gasteiger partial charge in [-0.15, -0.1) is 0 Å². The molecule has 1 saturated heterocycles. The Balaban J connectivity index is 2.05. The van der Waals surface area contributed by atoms with E-state index >= 15 is 0 Å². The number of hydrogen-bond donors (Lipinski definition) is 1. The molecule has 0 aliphatic carbocycles. The largest absolute Gasteiger partial charge is 0.353 e. The molecule has 0 bridgehead atoms. The Labute approximate surface area is 108 Å². The van der Waals surface area contributed by atoms with E-state index in [-0.39, 0.29) is 0 Å². The van der Waals surface area contributed by atoms with E-state index in [1.165, 1.54) is 5.56 Å². The summed E-state index contributed by atoms with van der Waals surface area (Å²) in [6.45, 7) is 6.16. The quantitative estimate of drug-likeness (QED) is 0.783. The van der Waals surface area contributed by atoms with Crippen LogP contribution in [0.4, 0.5) is 5.82 Å². The third kappa shape index (κ3) is 2.79. The normalized spacial score (nSPS) is 15.9. The fourth-order valence-electron chi connectivity index (χ4n) is 2.19. The topological polar surface area (TPSA) is 48.5 Å². The summed E-state index contributed by atoms with van der Waals surface area (Å²) in [6, 6.07) is 4.19. The van der Waals surface area contributed by atoms with Crippen LogP contribution in [0, 0.1) is 6.92 Å². The summed E-state index contributed by atoms with van der Waals surface area (Å²) in [7, 11) is 1.94. The molecular weight excluding hydrogens is 228 g/mol. The highest BCUT2D eigenvalue weighted by atomic mass is 16.1. The van der Waals surface area contributed by atoms with Crippen molar-refractivity contribution in [3.63, 3.8) is 0 Å². The van der Waals surface area contributed by atoms with Crippen molar-refractivity contribution in [2.45, 2.75) is 13.5 Å². The van der Waals surface area contributed by atoms with Crippen LogP contribution < -0.4 is 10.2 Å². The standard InChI is InChI=1S/C13H20N4O/c1-11-12(9-14-2)3-4-13(15-11)17-7-5-16(10-18)6-8-17/h3-4,10,14H,5-9H2,1-2H3. The van der Waals surface area contributed by atoms with Gasteiger partial charge in [-0.3, -0.25) is 4.79 Å². The Morgan fingerprint density at radius 2 is 2.06 bits per heavy atom. The van der Waals surface area contributed by atoms with Crippen molar-refractivity contribution in [2.24, 2.45) is 0 Å². The van der Waals surface area contributed by atoms with Crippen LogP contribution in [-0.2, 0) is 11.3 Å². The third-order valence-corrected chi connectivity index (χ3v) is 3.34. The minimum Gasteiger partial charge on any atom is -0.353 e. The van der Waals surface area contributed by atoms with Crippen molar-refractivity contribution >= 4 is 12.2 Å². The monoisotopic (exact) mass is 248 g/mol. The molecule has 2 rings (SSSR count). The van der Waals surface area contributed by atoms with Gasteiger partial charge in [0.05, 0.1) is 0 Å². The molecule has 0 spiro atoms. The number of hydrogen-bond acceptors (Lipinski definition) is 4. The molecule has 2 heterocycles. The van der Waals surface area contributed by atoms with E-state index in [0.717, 1.165) is 50.6 Å². The number of carbonyl (C=O) groups excluding carboxylic acids is 1. The molecule has 1 amide bonds. The Kier molecular flexibility index (Phi) is 4.15. The summed E-state index contributed by atoms with van der Waals surface area (Å²) in [5, 5.41) is 3.14. The summed E-state index contributed by atoms with van der Waals surface area (Å²) in [4.78, 5) is 19.3. The molecule has 0 radical (unpaired) electrons. The van der Waals surface area contributed by atoms with Crippen LogP contribution in [0.1, 0.15) is 11.3 Å². The average molecular weight is 248 g/mol. The third-order valence-electron chi connectivity index (χ3n) is 3.34. The van der Waals surface area contributed by atoms with Crippen LogP contribution in [-0.4, -0.2) is 49.5 Å². The fourth-order valence-corrected chi connectivity index (χ4v) is 2.19. The summed E-state index contributed by atoms with van der Waals surface area (Å²) < 4.78 is 0.